The molecule has 0 spiro atoms. The topological polar surface area (TPSA) is 67.4 Å². The molecule has 0 aliphatic heterocycles. The van der Waals surface area contributed by atoms with E-state index in [1.807, 2.05) is 38.1 Å². The second-order valence-corrected chi connectivity index (χ2v) is 12.1. The van der Waals surface area contributed by atoms with Gasteiger partial charge >= 0.3 is 6.09 Å². The Morgan fingerprint density at radius 1 is 0.935 bits per heavy atom. The third-order valence-corrected chi connectivity index (χ3v) is 7.53. The first-order valence-electron chi connectivity index (χ1n) is 11.8. The monoisotopic (exact) mass is 426 g/mol. The number of carbonyl (C=O) groups excluding carboxylic acids is 2. The maximum atomic E-state index is 13.3. The van der Waals surface area contributed by atoms with Gasteiger partial charge in [-0.3, -0.25) is 10.1 Å². The van der Waals surface area contributed by atoms with Crippen molar-refractivity contribution < 1.29 is 14.3 Å². The van der Waals surface area contributed by atoms with Crippen LogP contribution in [0.4, 0.5) is 10.5 Å². The van der Waals surface area contributed by atoms with Crippen LogP contribution in [-0.4, -0.2) is 24.1 Å². The summed E-state index contributed by atoms with van der Waals surface area (Å²) in [7, 11) is 0. The summed E-state index contributed by atoms with van der Waals surface area (Å²) in [5.41, 5.74) is 1.18. The molecule has 4 fully saturated rings. The van der Waals surface area contributed by atoms with Crippen LogP contribution in [0.3, 0.4) is 0 Å². The Kier molecular flexibility index (Phi) is 5.60. The van der Waals surface area contributed by atoms with Crippen molar-refractivity contribution in [2.24, 2.45) is 23.2 Å². The summed E-state index contributed by atoms with van der Waals surface area (Å²) in [6, 6.07) is 7.82. The summed E-state index contributed by atoms with van der Waals surface area (Å²) >= 11 is 0. The zero-order chi connectivity index (χ0) is 22.4. The Bertz CT molecular complexity index is 800. The lowest BCUT2D eigenvalue weighted by Crippen LogP contribution is -2.58. The van der Waals surface area contributed by atoms with Crippen molar-refractivity contribution in [3.8, 4) is 0 Å². The van der Waals surface area contributed by atoms with E-state index in [1.54, 1.807) is 0 Å². The molecule has 0 unspecified atom stereocenters. The highest BCUT2D eigenvalue weighted by molar-refractivity contribution is 5.85. The number of hydrogen-bond acceptors (Lipinski definition) is 3. The average molecular weight is 427 g/mol. The van der Waals surface area contributed by atoms with E-state index in [1.165, 1.54) is 24.8 Å². The van der Waals surface area contributed by atoms with Crippen LogP contribution >= 0.6 is 0 Å². The van der Waals surface area contributed by atoms with Crippen molar-refractivity contribution >= 4 is 17.7 Å². The summed E-state index contributed by atoms with van der Waals surface area (Å²) in [5.74, 6) is 2.35. The molecule has 31 heavy (non-hydrogen) atoms. The molecule has 0 radical (unpaired) electrons. The lowest BCUT2D eigenvalue weighted by Gasteiger charge is -2.56. The quantitative estimate of drug-likeness (QED) is 0.640. The number of amides is 2. The molecule has 5 rings (SSSR count). The normalized spacial score (nSPS) is 29.5. The van der Waals surface area contributed by atoms with Gasteiger partial charge in [0.15, 0.2) is 0 Å². The van der Waals surface area contributed by atoms with Crippen molar-refractivity contribution in [1.29, 1.82) is 0 Å². The smallest absolute Gasteiger partial charge is 0.411 e. The van der Waals surface area contributed by atoms with Gasteiger partial charge < -0.3 is 10.1 Å². The molecule has 0 saturated heterocycles. The van der Waals surface area contributed by atoms with Gasteiger partial charge in [-0.2, -0.15) is 0 Å². The number of carbonyl (C=O) groups is 2. The standard InChI is InChI=1S/C26H38N2O3/c1-24(2,3)20-6-8-21(9-7-20)27-23(30)31-16-25(4,5)28-22(29)26-13-17-10-18(14-26)12-19(11-17)15-26/h6-9,17-19H,10-16H2,1-5H3,(H,27,30)(H,28,29). The van der Waals surface area contributed by atoms with E-state index < -0.39 is 11.6 Å². The summed E-state index contributed by atoms with van der Waals surface area (Å²) in [4.78, 5) is 25.6. The maximum absolute atomic E-state index is 13.3. The Labute approximate surface area is 186 Å². The molecule has 4 bridgehead atoms. The lowest BCUT2D eigenvalue weighted by atomic mass is 9.49. The molecule has 170 valence electrons. The number of ether oxygens (including phenoxy) is 1. The molecule has 2 amide bonds. The summed E-state index contributed by atoms with van der Waals surface area (Å²) in [5, 5.41) is 5.99. The van der Waals surface area contributed by atoms with E-state index in [-0.39, 0.29) is 23.3 Å². The largest absolute Gasteiger partial charge is 0.447 e. The predicted molar refractivity (Wildman–Crippen MR) is 123 cm³/mol. The van der Waals surface area contributed by atoms with Crippen LogP contribution in [-0.2, 0) is 14.9 Å². The Morgan fingerprint density at radius 3 is 1.94 bits per heavy atom. The van der Waals surface area contributed by atoms with E-state index in [4.69, 9.17) is 4.74 Å². The van der Waals surface area contributed by atoms with E-state index in [0.29, 0.717) is 5.69 Å². The van der Waals surface area contributed by atoms with Gasteiger partial charge in [-0.05, 0) is 93.2 Å². The van der Waals surface area contributed by atoms with Gasteiger partial charge in [0.2, 0.25) is 5.91 Å². The Hall–Kier alpha value is -2.04. The minimum absolute atomic E-state index is 0.0674. The molecule has 4 aliphatic carbocycles. The minimum Gasteiger partial charge on any atom is -0.447 e. The first-order valence-corrected chi connectivity index (χ1v) is 11.8. The summed E-state index contributed by atoms with van der Waals surface area (Å²) in [6.45, 7) is 10.5. The molecular formula is C26H38N2O3. The number of benzene rings is 1. The molecule has 5 heteroatoms. The van der Waals surface area contributed by atoms with Crippen molar-refractivity contribution in [1.82, 2.24) is 5.32 Å². The third kappa shape index (κ3) is 4.91. The van der Waals surface area contributed by atoms with Gasteiger partial charge in [-0.1, -0.05) is 32.9 Å². The molecular weight excluding hydrogens is 388 g/mol. The first-order chi connectivity index (χ1) is 14.4. The fourth-order valence-corrected chi connectivity index (χ4v) is 6.32. The third-order valence-electron chi connectivity index (χ3n) is 7.53. The lowest BCUT2D eigenvalue weighted by molar-refractivity contribution is -0.148. The fourth-order valence-electron chi connectivity index (χ4n) is 6.32. The van der Waals surface area contributed by atoms with E-state index in [2.05, 4.69) is 31.4 Å². The van der Waals surface area contributed by atoms with Crippen molar-refractivity contribution in [2.75, 3.05) is 11.9 Å². The molecule has 0 atom stereocenters. The van der Waals surface area contributed by atoms with Crippen LogP contribution in [0.2, 0.25) is 0 Å². The fraction of sp³-hybridized carbons (Fsp3) is 0.692. The summed E-state index contributed by atoms with van der Waals surface area (Å²) < 4.78 is 5.46. The highest BCUT2D eigenvalue weighted by Crippen LogP contribution is 2.60. The number of nitrogens with one attached hydrogen (secondary N) is 2. The maximum Gasteiger partial charge on any atom is 0.411 e. The SMILES string of the molecule is CC(C)(COC(=O)Nc1ccc(C(C)(C)C)cc1)NC(=O)C12CC3CC(CC(C3)C1)C2. The van der Waals surface area contributed by atoms with Gasteiger partial charge in [-0.25, -0.2) is 4.79 Å². The Balaban J connectivity index is 1.29. The highest BCUT2D eigenvalue weighted by Gasteiger charge is 2.55. The zero-order valence-electron chi connectivity index (χ0n) is 19.7. The van der Waals surface area contributed by atoms with Crippen LogP contribution in [0.25, 0.3) is 0 Å². The van der Waals surface area contributed by atoms with E-state index in [0.717, 1.165) is 37.0 Å². The summed E-state index contributed by atoms with van der Waals surface area (Å²) in [6.07, 6.45) is 6.55. The molecule has 4 aliphatic rings. The van der Waals surface area contributed by atoms with Gasteiger partial charge in [-0.15, -0.1) is 0 Å². The van der Waals surface area contributed by atoms with Gasteiger partial charge in [0.1, 0.15) is 6.61 Å². The number of hydrogen-bond donors (Lipinski definition) is 2. The van der Waals surface area contributed by atoms with Crippen LogP contribution in [0.15, 0.2) is 24.3 Å². The average Bonchev–Trinajstić information content (AvgIpc) is 2.65. The minimum atomic E-state index is -0.603. The molecule has 2 N–H and O–H groups in total. The van der Waals surface area contributed by atoms with Crippen molar-refractivity contribution in [2.45, 2.75) is 84.1 Å². The van der Waals surface area contributed by atoms with Crippen LogP contribution in [0, 0.1) is 23.2 Å². The number of rotatable bonds is 5. The molecule has 0 aromatic heterocycles. The molecule has 5 nitrogen and oxygen atoms in total. The molecule has 1 aromatic carbocycles. The van der Waals surface area contributed by atoms with Crippen LogP contribution in [0.1, 0.15) is 78.7 Å². The van der Waals surface area contributed by atoms with Crippen LogP contribution in [0.5, 0.6) is 0 Å². The second-order valence-electron chi connectivity index (χ2n) is 12.1. The Morgan fingerprint density at radius 2 is 1.45 bits per heavy atom. The second kappa shape index (κ2) is 7.83. The van der Waals surface area contributed by atoms with Gasteiger partial charge in [0.25, 0.3) is 0 Å². The molecule has 4 saturated carbocycles. The highest BCUT2D eigenvalue weighted by atomic mass is 16.5. The van der Waals surface area contributed by atoms with Crippen molar-refractivity contribution in [3.63, 3.8) is 0 Å². The van der Waals surface area contributed by atoms with E-state index >= 15 is 0 Å². The zero-order valence-corrected chi connectivity index (χ0v) is 19.7. The van der Waals surface area contributed by atoms with E-state index in [9.17, 15) is 9.59 Å². The molecule has 0 heterocycles. The van der Waals surface area contributed by atoms with Crippen molar-refractivity contribution in [3.05, 3.63) is 29.8 Å². The predicted octanol–water partition coefficient (Wildman–Crippen LogP) is 5.64. The molecule has 1 aromatic rings. The van der Waals surface area contributed by atoms with Crippen LogP contribution < -0.4 is 10.6 Å². The number of anilines is 1. The van der Waals surface area contributed by atoms with Gasteiger partial charge in [0.05, 0.1) is 5.54 Å². The van der Waals surface area contributed by atoms with Gasteiger partial charge in [0, 0.05) is 11.1 Å². The first kappa shape index (κ1) is 22.2.